The fourth-order valence-corrected chi connectivity index (χ4v) is 6.01. The van der Waals surface area contributed by atoms with Gasteiger partial charge in [-0.3, -0.25) is 0 Å². The SMILES string of the molecule is CC1(C)CCC2(C3CC4CC(C3)CC2C4)N1[O-]. The quantitative estimate of drug-likeness (QED) is 0.640. The molecular weight excluding hydrogens is 210 g/mol. The van der Waals surface area contributed by atoms with Gasteiger partial charge in [0.25, 0.3) is 0 Å². The van der Waals surface area contributed by atoms with Crippen LogP contribution in [0.15, 0.2) is 0 Å². The standard InChI is InChI=1S/C15H24NO/c1-14(2)3-4-15(16(14)17)12-6-10-5-11(8-12)9-13(15)7-10/h10-13H,3-9H2,1-2H3/q-1. The van der Waals surface area contributed by atoms with Gasteiger partial charge in [-0.05, 0) is 82.5 Å². The second-order valence-corrected chi connectivity index (χ2v) is 7.90. The Balaban J connectivity index is 1.75. The van der Waals surface area contributed by atoms with Crippen LogP contribution in [0.2, 0.25) is 0 Å². The summed E-state index contributed by atoms with van der Waals surface area (Å²) in [6.45, 7) is 4.31. The van der Waals surface area contributed by atoms with Crippen LogP contribution in [-0.4, -0.2) is 16.1 Å². The van der Waals surface area contributed by atoms with Gasteiger partial charge in [-0.15, -0.1) is 0 Å². The molecule has 0 amide bonds. The highest BCUT2D eigenvalue weighted by molar-refractivity contribution is 5.17. The van der Waals surface area contributed by atoms with Crippen LogP contribution >= 0.6 is 0 Å². The summed E-state index contributed by atoms with van der Waals surface area (Å²) >= 11 is 0. The van der Waals surface area contributed by atoms with E-state index >= 15 is 0 Å². The molecule has 4 aliphatic carbocycles. The van der Waals surface area contributed by atoms with Crippen LogP contribution in [0.1, 0.15) is 58.8 Å². The van der Waals surface area contributed by atoms with Gasteiger partial charge in [0.15, 0.2) is 0 Å². The van der Waals surface area contributed by atoms with Crippen molar-refractivity contribution in [2.45, 2.75) is 69.9 Å². The van der Waals surface area contributed by atoms with Crippen molar-refractivity contribution in [2.24, 2.45) is 23.7 Å². The van der Waals surface area contributed by atoms with Crippen molar-refractivity contribution in [3.8, 4) is 0 Å². The van der Waals surface area contributed by atoms with Gasteiger partial charge < -0.3 is 10.3 Å². The van der Waals surface area contributed by atoms with Crippen molar-refractivity contribution in [3.05, 3.63) is 5.21 Å². The summed E-state index contributed by atoms with van der Waals surface area (Å²) in [7, 11) is 0. The molecule has 5 fully saturated rings. The Morgan fingerprint density at radius 1 is 0.882 bits per heavy atom. The highest BCUT2D eigenvalue weighted by Gasteiger charge is 2.61. The first-order valence-corrected chi connectivity index (χ1v) is 7.50. The molecule has 0 N–H and O–H groups in total. The molecule has 4 bridgehead atoms. The fraction of sp³-hybridized carbons (Fsp3) is 1.00. The van der Waals surface area contributed by atoms with Crippen LogP contribution in [0, 0.1) is 28.9 Å². The van der Waals surface area contributed by atoms with Crippen LogP contribution in [-0.2, 0) is 0 Å². The molecular formula is C15H24NO-. The minimum Gasteiger partial charge on any atom is -0.784 e. The molecule has 96 valence electrons. The molecule has 0 aromatic heterocycles. The normalized spacial score (nSPS) is 55.9. The van der Waals surface area contributed by atoms with E-state index in [0.29, 0.717) is 0 Å². The Morgan fingerprint density at radius 2 is 1.41 bits per heavy atom. The maximum Gasteiger partial charge on any atom is 0.0153 e. The molecule has 5 aliphatic rings. The number of hydroxylamine groups is 2. The van der Waals surface area contributed by atoms with Gasteiger partial charge in [0.1, 0.15) is 0 Å². The second-order valence-electron chi connectivity index (χ2n) is 7.90. The van der Waals surface area contributed by atoms with E-state index < -0.39 is 0 Å². The van der Waals surface area contributed by atoms with E-state index in [1.54, 1.807) is 5.06 Å². The molecule has 0 atom stereocenters. The van der Waals surface area contributed by atoms with Crippen LogP contribution in [0.4, 0.5) is 0 Å². The van der Waals surface area contributed by atoms with Crippen LogP contribution in [0.5, 0.6) is 0 Å². The first-order chi connectivity index (χ1) is 8.02. The van der Waals surface area contributed by atoms with Gasteiger partial charge in [-0.1, -0.05) is 0 Å². The third-order valence-electron chi connectivity index (χ3n) is 6.62. The number of nitrogens with zero attached hydrogens (tertiary/aromatic N) is 1. The Bertz CT molecular complexity index is 321. The average Bonchev–Trinajstić information content (AvgIpc) is 2.49. The predicted molar refractivity (Wildman–Crippen MR) is 68.3 cm³/mol. The molecule has 0 radical (unpaired) electrons. The number of hydrogen-bond acceptors (Lipinski definition) is 2. The largest absolute Gasteiger partial charge is 0.784 e. The summed E-state index contributed by atoms with van der Waals surface area (Å²) < 4.78 is 0. The van der Waals surface area contributed by atoms with Crippen molar-refractivity contribution < 1.29 is 0 Å². The molecule has 4 saturated carbocycles. The van der Waals surface area contributed by atoms with E-state index in [0.717, 1.165) is 30.1 Å². The topological polar surface area (TPSA) is 26.3 Å². The summed E-state index contributed by atoms with van der Waals surface area (Å²) in [5.41, 5.74) is -0.0354. The van der Waals surface area contributed by atoms with Crippen molar-refractivity contribution >= 4 is 0 Å². The molecule has 1 spiro atoms. The van der Waals surface area contributed by atoms with Crippen molar-refractivity contribution in [2.75, 3.05) is 0 Å². The van der Waals surface area contributed by atoms with E-state index in [1.807, 2.05) is 0 Å². The molecule has 2 heteroatoms. The van der Waals surface area contributed by atoms with Gasteiger partial charge in [0, 0.05) is 11.1 Å². The summed E-state index contributed by atoms with van der Waals surface area (Å²) in [5.74, 6) is 3.41. The van der Waals surface area contributed by atoms with E-state index in [1.165, 1.54) is 38.5 Å². The van der Waals surface area contributed by atoms with Gasteiger partial charge in [0.05, 0.1) is 0 Å². The summed E-state index contributed by atoms with van der Waals surface area (Å²) in [4.78, 5) is 0. The molecule has 1 saturated heterocycles. The lowest BCUT2D eigenvalue weighted by Crippen LogP contribution is -2.64. The summed E-state index contributed by atoms with van der Waals surface area (Å²) in [6, 6.07) is 0. The molecule has 5 rings (SSSR count). The van der Waals surface area contributed by atoms with Crippen molar-refractivity contribution in [1.82, 2.24) is 5.06 Å². The molecule has 0 aromatic carbocycles. The average molecular weight is 234 g/mol. The van der Waals surface area contributed by atoms with Gasteiger partial charge in [0.2, 0.25) is 0 Å². The number of hydrogen-bond donors (Lipinski definition) is 0. The van der Waals surface area contributed by atoms with E-state index in [4.69, 9.17) is 0 Å². The maximum absolute atomic E-state index is 12.9. The molecule has 17 heavy (non-hydrogen) atoms. The molecule has 1 aliphatic heterocycles. The van der Waals surface area contributed by atoms with E-state index in [2.05, 4.69) is 13.8 Å². The molecule has 2 nitrogen and oxygen atoms in total. The smallest absolute Gasteiger partial charge is 0.0153 e. The number of rotatable bonds is 0. The van der Waals surface area contributed by atoms with Crippen LogP contribution in [0.25, 0.3) is 0 Å². The first-order valence-electron chi connectivity index (χ1n) is 7.50. The highest BCUT2D eigenvalue weighted by atomic mass is 16.5. The van der Waals surface area contributed by atoms with Crippen molar-refractivity contribution in [1.29, 1.82) is 0 Å². The minimum atomic E-state index is -0.102. The first kappa shape index (κ1) is 10.8. The van der Waals surface area contributed by atoms with Crippen molar-refractivity contribution in [3.63, 3.8) is 0 Å². The zero-order chi connectivity index (χ0) is 11.8. The zero-order valence-corrected chi connectivity index (χ0v) is 11.1. The minimum absolute atomic E-state index is 0.0664. The van der Waals surface area contributed by atoms with Gasteiger partial charge in [-0.2, -0.15) is 0 Å². The van der Waals surface area contributed by atoms with E-state index in [-0.39, 0.29) is 11.1 Å². The second kappa shape index (κ2) is 3.08. The Labute approximate surface area is 104 Å². The van der Waals surface area contributed by atoms with Crippen LogP contribution in [0.3, 0.4) is 0 Å². The summed E-state index contributed by atoms with van der Waals surface area (Å²) in [6.07, 6.45) is 9.22. The fourth-order valence-electron chi connectivity index (χ4n) is 6.01. The monoisotopic (exact) mass is 234 g/mol. The van der Waals surface area contributed by atoms with E-state index in [9.17, 15) is 5.21 Å². The Hall–Kier alpha value is -0.0800. The zero-order valence-electron chi connectivity index (χ0n) is 11.1. The third-order valence-corrected chi connectivity index (χ3v) is 6.62. The molecule has 1 heterocycles. The third kappa shape index (κ3) is 1.19. The maximum atomic E-state index is 12.9. The molecule has 0 unspecified atom stereocenters. The lowest BCUT2D eigenvalue weighted by molar-refractivity contribution is -0.119. The van der Waals surface area contributed by atoms with Gasteiger partial charge >= 0.3 is 0 Å². The lowest BCUT2D eigenvalue weighted by Gasteiger charge is -2.66. The highest BCUT2D eigenvalue weighted by Crippen LogP contribution is 2.64. The Morgan fingerprint density at radius 3 is 1.82 bits per heavy atom. The van der Waals surface area contributed by atoms with Crippen LogP contribution < -0.4 is 0 Å². The molecule has 0 aromatic rings. The lowest BCUT2D eigenvalue weighted by atomic mass is 9.48. The van der Waals surface area contributed by atoms with Gasteiger partial charge in [-0.25, -0.2) is 0 Å². The predicted octanol–water partition coefficient (Wildman–Crippen LogP) is 3.55. The summed E-state index contributed by atoms with van der Waals surface area (Å²) in [5, 5.41) is 14.4. The Kier molecular flexibility index (Phi) is 1.96.